The van der Waals surface area contributed by atoms with Crippen LogP contribution in [0, 0.1) is 0 Å². The van der Waals surface area contributed by atoms with Gasteiger partial charge in [0.25, 0.3) is 0 Å². The molecule has 74 valence electrons. The minimum Gasteiger partial charge on any atom is -0.381 e. The number of aryl methyl sites for hydroxylation is 2. The summed E-state index contributed by atoms with van der Waals surface area (Å²) in [5.74, 6) is 0.437. The summed E-state index contributed by atoms with van der Waals surface area (Å²) < 4.78 is 2.77. The molecular weight excluding hydrogens is 248 g/mol. The third kappa shape index (κ3) is 2.11. The van der Waals surface area contributed by atoms with Crippen molar-refractivity contribution in [3.8, 4) is 0 Å². The summed E-state index contributed by atoms with van der Waals surface area (Å²) in [7, 11) is 0. The molecule has 0 unspecified atom stereocenters. The van der Waals surface area contributed by atoms with E-state index in [1.54, 1.807) is 11.0 Å². The molecule has 0 aliphatic rings. The monoisotopic (exact) mass is 256 g/mol. The van der Waals surface area contributed by atoms with Crippen molar-refractivity contribution in [2.45, 2.75) is 13.1 Å². The minimum atomic E-state index is 0.437. The minimum absolute atomic E-state index is 0.437. The van der Waals surface area contributed by atoms with Gasteiger partial charge in [-0.3, -0.25) is 4.68 Å². The molecule has 2 rings (SSSR count). The maximum atomic E-state index is 5.43. The molecule has 0 amide bonds. The standard InChI is InChI=1S/C7H9BrN6/c8-6-3-10-13(5-6)1-2-14-11-4-7(9)12-14/h3-5H,1-2H2,(H2,9,12). The number of anilines is 1. The Hall–Kier alpha value is -1.37. The van der Waals surface area contributed by atoms with Gasteiger partial charge >= 0.3 is 0 Å². The highest BCUT2D eigenvalue weighted by atomic mass is 79.9. The van der Waals surface area contributed by atoms with Gasteiger partial charge in [-0.2, -0.15) is 15.0 Å². The van der Waals surface area contributed by atoms with Crippen LogP contribution in [0.15, 0.2) is 23.1 Å². The van der Waals surface area contributed by atoms with Crippen molar-refractivity contribution in [1.29, 1.82) is 0 Å². The van der Waals surface area contributed by atoms with Gasteiger partial charge in [0.2, 0.25) is 0 Å². The average molecular weight is 257 g/mol. The molecule has 0 aromatic carbocycles. The number of hydrogen-bond donors (Lipinski definition) is 1. The lowest BCUT2D eigenvalue weighted by molar-refractivity contribution is 0.459. The highest BCUT2D eigenvalue weighted by Crippen LogP contribution is 2.05. The van der Waals surface area contributed by atoms with Crippen molar-refractivity contribution in [2.24, 2.45) is 0 Å². The maximum absolute atomic E-state index is 5.43. The van der Waals surface area contributed by atoms with Crippen LogP contribution in [0.3, 0.4) is 0 Å². The fraction of sp³-hybridized carbons (Fsp3) is 0.286. The normalized spacial score (nSPS) is 10.6. The molecule has 0 saturated carbocycles. The zero-order valence-corrected chi connectivity index (χ0v) is 8.92. The quantitative estimate of drug-likeness (QED) is 0.869. The first-order valence-corrected chi connectivity index (χ1v) is 4.87. The van der Waals surface area contributed by atoms with Gasteiger partial charge < -0.3 is 5.73 Å². The van der Waals surface area contributed by atoms with Crippen LogP contribution >= 0.6 is 15.9 Å². The van der Waals surface area contributed by atoms with Crippen LogP contribution in [0.2, 0.25) is 0 Å². The van der Waals surface area contributed by atoms with Crippen molar-refractivity contribution in [3.63, 3.8) is 0 Å². The van der Waals surface area contributed by atoms with E-state index in [1.807, 2.05) is 10.9 Å². The topological polar surface area (TPSA) is 74.5 Å². The summed E-state index contributed by atoms with van der Waals surface area (Å²) in [4.78, 5) is 1.55. The number of nitrogens with zero attached hydrogens (tertiary/aromatic N) is 5. The van der Waals surface area contributed by atoms with Crippen molar-refractivity contribution in [2.75, 3.05) is 5.73 Å². The highest BCUT2D eigenvalue weighted by Gasteiger charge is 1.98. The molecule has 0 atom stereocenters. The van der Waals surface area contributed by atoms with Crippen molar-refractivity contribution < 1.29 is 0 Å². The third-order valence-electron chi connectivity index (χ3n) is 1.69. The Balaban J connectivity index is 1.94. The molecule has 0 aliphatic heterocycles. The van der Waals surface area contributed by atoms with Crippen LogP contribution in [0.25, 0.3) is 0 Å². The molecule has 0 radical (unpaired) electrons. The molecule has 0 fully saturated rings. The number of nitrogens with two attached hydrogens (primary N) is 1. The van der Waals surface area contributed by atoms with Crippen LogP contribution in [-0.4, -0.2) is 24.8 Å². The first-order chi connectivity index (χ1) is 6.74. The highest BCUT2D eigenvalue weighted by molar-refractivity contribution is 9.10. The Morgan fingerprint density at radius 1 is 1.29 bits per heavy atom. The number of aromatic nitrogens is 5. The molecule has 0 aliphatic carbocycles. The largest absolute Gasteiger partial charge is 0.381 e. The van der Waals surface area contributed by atoms with Crippen LogP contribution in [0.1, 0.15) is 0 Å². The fourth-order valence-corrected chi connectivity index (χ4v) is 1.40. The zero-order valence-electron chi connectivity index (χ0n) is 7.34. The van der Waals surface area contributed by atoms with Gasteiger partial charge in [-0.05, 0) is 15.9 Å². The van der Waals surface area contributed by atoms with Crippen LogP contribution in [0.4, 0.5) is 5.82 Å². The van der Waals surface area contributed by atoms with Gasteiger partial charge in [0.15, 0.2) is 5.82 Å². The Bertz CT molecular complexity index is 379. The lowest BCUT2D eigenvalue weighted by atomic mass is 10.6. The maximum Gasteiger partial charge on any atom is 0.165 e. The molecule has 0 spiro atoms. The lowest BCUT2D eigenvalue weighted by Crippen LogP contribution is -2.10. The van der Waals surface area contributed by atoms with E-state index in [9.17, 15) is 0 Å². The SMILES string of the molecule is Nc1cnn(CCn2cc(Br)cn2)n1. The predicted molar refractivity (Wildman–Crippen MR) is 54.4 cm³/mol. The molecule has 2 aromatic rings. The Morgan fingerprint density at radius 3 is 2.71 bits per heavy atom. The summed E-state index contributed by atoms with van der Waals surface area (Å²) in [6.07, 6.45) is 5.16. The first kappa shape index (κ1) is 9.20. The van der Waals surface area contributed by atoms with Crippen molar-refractivity contribution in [3.05, 3.63) is 23.1 Å². The molecule has 0 bridgehead atoms. The summed E-state index contributed by atoms with van der Waals surface area (Å²) >= 11 is 3.32. The number of halogens is 1. The van der Waals surface area contributed by atoms with E-state index in [4.69, 9.17) is 5.73 Å². The van der Waals surface area contributed by atoms with Gasteiger partial charge in [-0.25, -0.2) is 0 Å². The Kier molecular flexibility index (Phi) is 2.49. The van der Waals surface area contributed by atoms with Gasteiger partial charge in [-0.1, -0.05) is 0 Å². The average Bonchev–Trinajstić information content (AvgIpc) is 2.72. The van der Waals surface area contributed by atoms with E-state index < -0.39 is 0 Å². The predicted octanol–water partition coefficient (Wildman–Crippen LogP) is 0.519. The van der Waals surface area contributed by atoms with Gasteiger partial charge in [0.1, 0.15) is 0 Å². The van der Waals surface area contributed by atoms with Crippen LogP contribution in [-0.2, 0) is 13.1 Å². The van der Waals surface area contributed by atoms with E-state index in [1.165, 1.54) is 6.20 Å². The van der Waals surface area contributed by atoms with Crippen LogP contribution in [0.5, 0.6) is 0 Å². The molecular formula is C7H9BrN6. The first-order valence-electron chi connectivity index (χ1n) is 4.07. The molecule has 14 heavy (non-hydrogen) atoms. The molecule has 2 N–H and O–H groups in total. The van der Waals surface area contributed by atoms with E-state index in [2.05, 4.69) is 31.2 Å². The van der Waals surface area contributed by atoms with Gasteiger partial charge in [0.05, 0.1) is 30.0 Å². The second-order valence-corrected chi connectivity index (χ2v) is 3.70. The second-order valence-electron chi connectivity index (χ2n) is 2.79. The smallest absolute Gasteiger partial charge is 0.165 e. The van der Waals surface area contributed by atoms with E-state index >= 15 is 0 Å². The van der Waals surface area contributed by atoms with Crippen molar-refractivity contribution >= 4 is 21.7 Å². The zero-order chi connectivity index (χ0) is 9.97. The van der Waals surface area contributed by atoms with E-state index in [0.29, 0.717) is 12.4 Å². The molecule has 2 heterocycles. The summed E-state index contributed by atoms with van der Waals surface area (Å²) in [6.45, 7) is 1.38. The fourth-order valence-electron chi connectivity index (χ4n) is 1.07. The molecule has 6 nitrogen and oxygen atoms in total. The number of nitrogen functional groups attached to an aromatic ring is 1. The van der Waals surface area contributed by atoms with E-state index in [0.717, 1.165) is 11.0 Å². The van der Waals surface area contributed by atoms with Gasteiger partial charge in [0, 0.05) is 6.20 Å². The second kappa shape index (κ2) is 3.79. The molecule has 0 saturated heterocycles. The Labute approximate surface area is 88.8 Å². The number of rotatable bonds is 3. The third-order valence-corrected chi connectivity index (χ3v) is 2.09. The lowest BCUT2D eigenvalue weighted by Gasteiger charge is -1.99. The van der Waals surface area contributed by atoms with Crippen LogP contribution < -0.4 is 5.73 Å². The summed E-state index contributed by atoms with van der Waals surface area (Å²) in [5.41, 5.74) is 5.43. The Morgan fingerprint density at radius 2 is 2.14 bits per heavy atom. The van der Waals surface area contributed by atoms with Gasteiger partial charge in [-0.15, -0.1) is 5.10 Å². The molecule has 7 heteroatoms. The number of hydrogen-bond acceptors (Lipinski definition) is 4. The molecule has 2 aromatic heterocycles. The van der Waals surface area contributed by atoms with Crippen molar-refractivity contribution in [1.82, 2.24) is 24.8 Å². The van der Waals surface area contributed by atoms with E-state index in [-0.39, 0.29) is 0 Å². The summed E-state index contributed by atoms with van der Waals surface area (Å²) in [5, 5.41) is 12.0. The summed E-state index contributed by atoms with van der Waals surface area (Å²) in [6, 6.07) is 0.